The average molecular weight is 481 g/mol. The number of likely N-dealkylation sites (tertiary alicyclic amines) is 1. The molecule has 0 radical (unpaired) electrons. The average Bonchev–Trinajstić information content (AvgIpc) is 3.56. The van der Waals surface area contributed by atoms with Crippen LogP contribution < -0.4 is 4.74 Å². The normalized spacial score (nSPS) is 16.5. The molecule has 0 amide bonds. The minimum atomic E-state index is 0.480. The van der Waals surface area contributed by atoms with Gasteiger partial charge in [-0.05, 0) is 44.1 Å². The van der Waals surface area contributed by atoms with Crippen LogP contribution in [0.2, 0.25) is 0 Å². The minimum absolute atomic E-state index is 0.480. The highest BCUT2D eigenvalue weighted by Crippen LogP contribution is 2.37. The molecule has 1 atom stereocenters. The van der Waals surface area contributed by atoms with Crippen molar-refractivity contribution in [3.8, 4) is 28.4 Å². The first-order chi connectivity index (χ1) is 17.2. The van der Waals surface area contributed by atoms with E-state index < -0.39 is 0 Å². The van der Waals surface area contributed by atoms with Gasteiger partial charge in [-0.15, -0.1) is 11.3 Å². The maximum absolute atomic E-state index is 7.31. The van der Waals surface area contributed by atoms with Gasteiger partial charge in [-0.25, -0.2) is 19.8 Å². The number of nitrogens with zero attached hydrogens (tertiary/aromatic N) is 6. The molecule has 4 heterocycles. The Kier molecular flexibility index (Phi) is 5.64. The Bertz CT molecular complexity index is 1550. The molecule has 7 nitrogen and oxygen atoms in total. The summed E-state index contributed by atoms with van der Waals surface area (Å²) in [7, 11) is 2.17. The molecule has 2 aromatic carbocycles. The van der Waals surface area contributed by atoms with Crippen molar-refractivity contribution in [3.63, 3.8) is 0 Å². The molecule has 0 spiro atoms. The predicted octanol–water partition coefficient (Wildman–Crippen LogP) is 5.94. The summed E-state index contributed by atoms with van der Waals surface area (Å²) in [6, 6.07) is 13.8. The third-order valence-electron chi connectivity index (χ3n) is 6.59. The first-order valence-electron chi connectivity index (χ1n) is 11.7. The van der Waals surface area contributed by atoms with E-state index in [1.54, 1.807) is 11.3 Å². The minimum Gasteiger partial charge on any atom is -0.476 e. The fourth-order valence-electron chi connectivity index (χ4n) is 4.84. The summed E-state index contributed by atoms with van der Waals surface area (Å²) in [6.45, 7) is 10.1. The lowest BCUT2D eigenvalue weighted by molar-refractivity contribution is 0.148. The van der Waals surface area contributed by atoms with Crippen molar-refractivity contribution in [1.29, 1.82) is 0 Å². The molecule has 1 aliphatic heterocycles. The predicted molar refractivity (Wildman–Crippen MR) is 139 cm³/mol. The van der Waals surface area contributed by atoms with Crippen LogP contribution in [-0.4, -0.2) is 51.0 Å². The van der Waals surface area contributed by atoms with Gasteiger partial charge < -0.3 is 9.64 Å². The molecule has 0 unspecified atom stereocenters. The fourth-order valence-corrected chi connectivity index (χ4v) is 5.56. The molecule has 1 saturated heterocycles. The fraction of sp³-hybridized carbons (Fsp3) is 0.259. The van der Waals surface area contributed by atoms with E-state index in [-0.39, 0.29) is 0 Å². The molecule has 3 aromatic heterocycles. The van der Waals surface area contributed by atoms with Crippen LogP contribution in [0.25, 0.3) is 43.1 Å². The summed E-state index contributed by atoms with van der Waals surface area (Å²) in [6.07, 6.45) is 5.99. The number of fused-ring (bicyclic) bond motifs is 2. The van der Waals surface area contributed by atoms with Gasteiger partial charge in [-0.1, -0.05) is 30.3 Å². The van der Waals surface area contributed by atoms with Crippen molar-refractivity contribution in [3.05, 3.63) is 71.9 Å². The Hall–Kier alpha value is -3.80. The van der Waals surface area contributed by atoms with Crippen molar-refractivity contribution < 1.29 is 4.74 Å². The van der Waals surface area contributed by atoms with E-state index in [9.17, 15) is 0 Å². The molecule has 1 fully saturated rings. The van der Waals surface area contributed by atoms with Crippen LogP contribution in [0.4, 0.5) is 5.69 Å². The van der Waals surface area contributed by atoms with Crippen LogP contribution in [0, 0.1) is 12.5 Å². The molecule has 1 aliphatic rings. The number of piperidine rings is 1. The molecule has 6 rings (SSSR count). The zero-order valence-corrected chi connectivity index (χ0v) is 20.2. The van der Waals surface area contributed by atoms with Crippen LogP contribution in [-0.2, 0) is 0 Å². The molecular formula is C27H24N6OS. The highest BCUT2D eigenvalue weighted by atomic mass is 32.1. The highest BCUT2D eigenvalue weighted by molar-refractivity contribution is 7.16. The molecule has 35 heavy (non-hydrogen) atoms. The topological polar surface area (TPSA) is 59.9 Å². The monoisotopic (exact) mass is 480 g/mol. The summed E-state index contributed by atoms with van der Waals surface area (Å²) in [5.41, 5.74) is 7.98. The number of rotatable bonds is 5. The van der Waals surface area contributed by atoms with Crippen LogP contribution in [0.5, 0.6) is 5.88 Å². The molecule has 8 heteroatoms. The Morgan fingerprint density at radius 1 is 1.17 bits per heavy atom. The quantitative estimate of drug-likeness (QED) is 0.291. The maximum Gasteiger partial charge on any atom is 0.240 e. The lowest BCUT2D eigenvalue weighted by atomic mass is 10.00. The van der Waals surface area contributed by atoms with Gasteiger partial charge >= 0.3 is 0 Å². The number of hydrogen-bond acceptors (Lipinski definition) is 6. The standard InChI is InChI=1S/C27H24N6OS/c1-28-21-8-5-19(6-9-21)25-26(20-7-10-22-24(12-20)35-17-30-22)33-16-29-13-23(33)27(31-25)34-15-18-4-3-11-32(2)14-18/h5-10,12-13,16-18H,3-4,11,14-15H2,2H3/t18-/m1/s1. The summed E-state index contributed by atoms with van der Waals surface area (Å²) in [5.74, 6) is 1.07. The van der Waals surface area contributed by atoms with E-state index >= 15 is 0 Å². The van der Waals surface area contributed by atoms with Gasteiger partial charge in [0.25, 0.3) is 0 Å². The van der Waals surface area contributed by atoms with Gasteiger partial charge in [-0.3, -0.25) is 4.40 Å². The second-order valence-electron chi connectivity index (χ2n) is 9.04. The first kappa shape index (κ1) is 21.7. The van der Waals surface area contributed by atoms with E-state index in [0.29, 0.717) is 24.1 Å². The maximum atomic E-state index is 7.31. The van der Waals surface area contributed by atoms with Gasteiger partial charge in [-0.2, -0.15) is 0 Å². The third-order valence-corrected chi connectivity index (χ3v) is 7.38. The second-order valence-corrected chi connectivity index (χ2v) is 9.92. The Morgan fingerprint density at radius 3 is 2.86 bits per heavy atom. The number of aromatic nitrogens is 4. The van der Waals surface area contributed by atoms with Gasteiger partial charge in [0.1, 0.15) is 5.52 Å². The van der Waals surface area contributed by atoms with Crippen LogP contribution in [0.15, 0.2) is 60.5 Å². The largest absolute Gasteiger partial charge is 0.476 e. The molecule has 5 aromatic rings. The van der Waals surface area contributed by atoms with E-state index in [0.717, 1.165) is 57.8 Å². The van der Waals surface area contributed by atoms with Crippen LogP contribution in [0.1, 0.15) is 12.8 Å². The second kappa shape index (κ2) is 9.10. The highest BCUT2D eigenvalue weighted by Gasteiger charge is 2.22. The molecule has 0 saturated carbocycles. The van der Waals surface area contributed by atoms with Crippen molar-refractivity contribution in [2.75, 3.05) is 26.7 Å². The third kappa shape index (κ3) is 4.14. The van der Waals surface area contributed by atoms with Gasteiger partial charge in [0, 0.05) is 18.0 Å². The summed E-state index contributed by atoms with van der Waals surface area (Å²) in [5, 5.41) is 0. The number of hydrogen-bond donors (Lipinski definition) is 0. The molecule has 0 N–H and O–H groups in total. The Balaban J connectivity index is 1.49. The number of thiazole rings is 1. The number of benzene rings is 2. The first-order valence-corrected chi connectivity index (χ1v) is 12.6. The summed E-state index contributed by atoms with van der Waals surface area (Å²) < 4.78 is 9.55. The molecular weight excluding hydrogens is 456 g/mol. The zero-order chi connectivity index (χ0) is 23.8. The van der Waals surface area contributed by atoms with Crippen molar-refractivity contribution in [2.24, 2.45) is 5.92 Å². The van der Waals surface area contributed by atoms with Gasteiger partial charge in [0.15, 0.2) is 5.69 Å². The summed E-state index contributed by atoms with van der Waals surface area (Å²) in [4.78, 5) is 19.8. The van der Waals surface area contributed by atoms with Crippen molar-refractivity contribution >= 4 is 32.8 Å². The van der Waals surface area contributed by atoms with Crippen molar-refractivity contribution in [1.82, 2.24) is 24.3 Å². The summed E-state index contributed by atoms with van der Waals surface area (Å²) >= 11 is 1.62. The van der Waals surface area contributed by atoms with E-state index in [1.807, 2.05) is 48.4 Å². The molecule has 0 aliphatic carbocycles. The van der Waals surface area contributed by atoms with E-state index in [4.69, 9.17) is 16.3 Å². The SMILES string of the molecule is [C-]#[N+]c1ccc(-c2nc(OC[C@@H]3CCCN(C)C3)c3cncn3c2-c2ccc3ncsc3c2)cc1. The van der Waals surface area contributed by atoms with Crippen LogP contribution >= 0.6 is 11.3 Å². The number of imidazole rings is 1. The molecule has 174 valence electrons. The number of ether oxygens (including phenoxy) is 1. The lowest BCUT2D eigenvalue weighted by Crippen LogP contribution is -2.34. The van der Waals surface area contributed by atoms with E-state index in [2.05, 4.69) is 43.3 Å². The van der Waals surface area contributed by atoms with Gasteiger partial charge in [0.05, 0.1) is 52.8 Å². The molecule has 0 bridgehead atoms. The lowest BCUT2D eigenvalue weighted by Gasteiger charge is -2.29. The van der Waals surface area contributed by atoms with Gasteiger partial charge in [0.2, 0.25) is 5.88 Å². The van der Waals surface area contributed by atoms with Crippen LogP contribution in [0.3, 0.4) is 0 Å². The van der Waals surface area contributed by atoms with E-state index in [1.165, 1.54) is 6.42 Å². The Labute approximate surface area is 207 Å². The smallest absolute Gasteiger partial charge is 0.240 e. The Morgan fingerprint density at radius 2 is 2.03 bits per heavy atom. The van der Waals surface area contributed by atoms with Crippen molar-refractivity contribution in [2.45, 2.75) is 12.8 Å². The zero-order valence-electron chi connectivity index (χ0n) is 19.4.